The standard InChI is InChI=1S/C14H11BrO3S/c1-18-13-8-10(15)9(7-12(13)17)4-5-11(16)14-3-2-6-19-14/h2-8,17H,1H3/b5-4+. The Morgan fingerprint density at radius 1 is 1.47 bits per heavy atom. The predicted molar refractivity (Wildman–Crippen MR) is 80.0 cm³/mol. The molecule has 3 nitrogen and oxygen atoms in total. The molecule has 1 aromatic heterocycles. The normalized spacial score (nSPS) is 10.8. The maximum absolute atomic E-state index is 11.8. The van der Waals surface area contributed by atoms with Gasteiger partial charge in [-0.1, -0.05) is 22.0 Å². The first kappa shape index (κ1) is 13.8. The summed E-state index contributed by atoms with van der Waals surface area (Å²) in [5, 5.41) is 11.6. The van der Waals surface area contributed by atoms with Crippen molar-refractivity contribution in [2.75, 3.05) is 7.11 Å². The van der Waals surface area contributed by atoms with Gasteiger partial charge in [0, 0.05) is 4.47 Å². The first-order valence-corrected chi connectivity index (χ1v) is 7.11. The van der Waals surface area contributed by atoms with E-state index in [-0.39, 0.29) is 11.5 Å². The molecular formula is C14H11BrO3S. The number of benzene rings is 1. The predicted octanol–water partition coefficient (Wildman–Crippen LogP) is 4.12. The first-order chi connectivity index (χ1) is 9.11. The van der Waals surface area contributed by atoms with Crippen molar-refractivity contribution < 1.29 is 14.6 Å². The monoisotopic (exact) mass is 338 g/mol. The number of carbonyl (C=O) groups excluding carboxylic acids is 1. The molecule has 0 fully saturated rings. The van der Waals surface area contributed by atoms with Crippen molar-refractivity contribution in [1.82, 2.24) is 0 Å². The molecule has 1 N–H and O–H groups in total. The Labute approximate surface area is 123 Å². The Morgan fingerprint density at radius 2 is 2.26 bits per heavy atom. The molecule has 0 saturated carbocycles. The lowest BCUT2D eigenvalue weighted by molar-refractivity contribution is 0.105. The van der Waals surface area contributed by atoms with Crippen LogP contribution in [-0.2, 0) is 0 Å². The lowest BCUT2D eigenvalue weighted by atomic mass is 10.1. The number of thiophene rings is 1. The molecule has 98 valence electrons. The molecule has 0 aliphatic rings. The highest BCUT2D eigenvalue weighted by Gasteiger charge is 2.07. The summed E-state index contributed by atoms with van der Waals surface area (Å²) in [6, 6.07) is 6.81. The zero-order valence-electron chi connectivity index (χ0n) is 10.1. The second kappa shape index (κ2) is 6.04. The molecule has 2 rings (SSSR count). The van der Waals surface area contributed by atoms with Crippen LogP contribution >= 0.6 is 27.3 Å². The molecule has 1 aromatic carbocycles. The van der Waals surface area contributed by atoms with Gasteiger partial charge in [-0.15, -0.1) is 11.3 Å². The number of halogens is 1. The third kappa shape index (κ3) is 3.24. The number of allylic oxidation sites excluding steroid dienone is 1. The van der Waals surface area contributed by atoms with Crippen LogP contribution in [0.2, 0.25) is 0 Å². The first-order valence-electron chi connectivity index (χ1n) is 5.44. The molecule has 0 unspecified atom stereocenters. The van der Waals surface area contributed by atoms with Crippen molar-refractivity contribution in [3.8, 4) is 11.5 Å². The second-order valence-corrected chi connectivity index (χ2v) is 5.52. The van der Waals surface area contributed by atoms with E-state index in [1.54, 1.807) is 24.3 Å². The SMILES string of the molecule is COc1cc(Br)c(/C=C/C(=O)c2cccs2)cc1O. The fourth-order valence-electron chi connectivity index (χ4n) is 1.52. The number of ketones is 1. The highest BCUT2D eigenvalue weighted by molar-refractivity contribution is 9.10. The molecule has 2 aromatic rings. The average molecular weight is 339 g/mol. The molecule has 0 radical (unpaired) electrons. The molecule has 0 saturated heterocycles. The third-order valence-corrected chi connectivity index (χ3v) is 4.05. The highest BCUT2D eigenvalue weighted by atomic mass is 79.9. The molecule has 0 aliphatic heterocycles. The minimum Gasteiger partial charge on any atom is -0.504 e. The van der Waals surface area contributed by atoms with Gasteiger partial charge < -0.3 is 9.84 Å². The quantitative estimate of drug-likeness (QED) is 0.673. The van der Waals surface area contributed by atoms with Gasteiger partial charge in [0.2, 0.25) is 0 Å². The van der Waals surface area contributed by atoms with E-state index in [9.17, 15) is 9.90 Å². The van der Waals surface area contributed by atoms with E-state index in [0.29, 0.717) is 16.2 Å². The van der Waals surface area contributed by atoms with Gasteiger partial charge >= 0.3 is 0 Å². The summed E-state index contributed by atoms with van der Waals surface area (Å²) in [5.74, 6) is 0.361. The van der Waals surface area contributed by atoms with E-state index < -0.39 is 0 Å². The highest BCUT2D eigenvalue weighted by Crippen LogP contribution is 2.33. The van der Waals surface area contributed by atoms with Crippen LogP contribution in [-0.4, -0.2) is 18.0 Å². The summed E-state index contributed by atoms with van der Waals surface area (Å²) in [6.07, 6.45) is 3.14. The van der Waals surface area contributed by atoms with E-state index >= 15 is 0 Å². The number of aromatic hydroxyl groups is 1. The van der Waals surface area contributed by atoms with E-state index in [2.05, 4.69) is 15.9 Å². The summed E-state index contributed by atoms with van der Waals surface area (Å²) in [4.78, 5) is 12.5. The van der Waals surface area contributed by atoms with Crippen LogP contribution in [0, 0.1) is 0 Å². The largest absolute Gasteiger partial charge is 0.504 e. The number of methoxy groups -OCH3 is 1. The molecular weight excluding hydrogens is 328 g/mol. The van der Waals surface area contributed by atoms with Crippen LogP contribution in [0.25, 0.3) is 6.08 Å². The summed E-state index contributed by atoms with van der Waals surface area (Å²) in [5.41, 5.74) is 0.711. The summed E-state index contributed by atoms with van der Waals surface area (Å²) in [7, 11) is 1.48. The van der Waals surface area contributed by atoms with E-state index in [0.717, 1.165) is 4.47 Å². The topological polar surface area (TPSA) is 46.5 Å². The van der Waals surface area contributed by atoms with E-state index in [1.165, 1.54) is 24.5 Å². The van der Waals surface area contributed by atoms with Crippen LogP contribution in [0.3, 0.4) is 0 Å². The number of hydrogen-bond donors (Lipinski definition) is 1. The molecule has 5 heteroatoms. The van der Waals surface area contributed by atoms with Gasteiger partial charge in [0.15, 0.2) is 17.3 Å². The van der Waals surface area contributed by atoms with Crippen molar-refractivity contribution in [1.29, 1.82) is 0 Å². The minimum absolute atomic E-state index is 0.0360. The van der Waals surface area contributed by atoms with Crippen LogP contribution in [0.15, 0.2) is 40.2 Å². The van der Waals surface area contributed by atoms with Crippen LogP contribution in [0.5, 0.6) is 11.5 Å². The van der Waals surface area contributed by atoms with Crippen molar-refractivity contribution in [3.63, 3.8) is 0 Å². The van der Waals surface area contributed by atoms with E-state index in [1.807, 2.05) is 11.4 Å². The molecule has 0 bridgehead atoms. The zero-order valence-corrected chi connectivity index (χ0v) is 12.5. The number of carbonyl (C=O) groups is 1. The lowest BCUT2D eigenvalue weighted by Gasteiger charge is -2.06. The minimum atomic E-state index is -0.0581. The van der Waals surface area contributed by atoms with Gasteiger partial charge in [-0.3, -0.25) is 4.79 Å². The van der Waals surface area contributed by atoms with Gasteiger partial charge in [-0.2, -0.15) is 0 Å². The summed E-state index contributed by atoms with van der Waals surface area (Å²) < 4.78 is 5.74. The Hall–Kier alpha value is -1.59. The van der Waals surface area contributed by atoms with Gasteiger partial charge in [0.25, 0.3) is 0 Å². The van der Waals surface area contributed by atoms with Crippen molar-refractivity contribution in [3.05, 3.63) is 50.6 Å². The Bertz CT molecular complexity index is 618. The molecule has 0 spiro atoms. The summed E-state index contributed by atoms with van der Waals surface area (Å²) >= 11 is 4.77. The van der Waals surface area contributed by atoms with Crippen LogP contribution in [0.4, 0.5) is 0 Å². The Kier molecular flexibility index (Phi) is 4.39. The number of rotatable bonds is 4. The average Bonchev–Trinajstić information content (AvgIpc) is 2.93. The fraction of sp³-hybridized carbons (Fsp3) is 0.0714. The molecule has 0 amide bonds. The fourth-order valence-corrected chi connectivity index (χ4v) is 2.62. The van der Waals surface area contributed by atoms with Crippen molar-refractivity contribution >= 4 is 39.1 Å². The smallest absolute Gasteiger partial charge is 0.195 e. The molecule has 1 heterocycles. The molecule has 0 atom stereocenters. The van der Waals surface area contributed by atoms with Crippen LogP contribution in [0.1, 0.15) is 15.2 Å². The number of phenolic OH excluding ortho intramolecular Hbond substituents is 1. The maximum atomic E-state index is 11.8. The number of ether oxygens (including phenoxy) is 1. The van der Waals surface area contributed by atoms with Gasteiger partial charge in [-0.05, 0) is 41.3 Å². The third-order valence-electron chi connectivity index (χ3n) is 2.48. The summed E-state index contributed by atoms with van der Waals surface area (Å²) in [6.45, 7) is 0. The second-order valence-electron chi connectivity index (χ2n) is 3.72. The van der Waals surface area contributed by atoms with Gasteiger partial charge in [0.1, 0.15) is 0 Å². The van der Waals surface area contributed by atoms with E-state index in [4.69, 9.17) is 4.74 Å². The lowest BCUT2D eigenvalue weighted by Crippen LogP contribution is -1.90. The Balaban J connectivity index is 2.24. The van der Waals surface area contributed by atoms with Gasteiger partial charge in [-0.25, -0.2) is 0 Å². The van der Waals surface area contributed by atoms with Gasteiger partial charge in [0.05, 0.1) is 12.0 Å². The number of hydrogen-bond acceptors (Lipinski definition) is 4. The zero-order chi connectivity index (χ0) is 13.8. The molecule has 19 heavy (non-hydrogen) atoms. The molecule has 0 aliphatic carbocycles. The van der Waals surface area contributed by atoms with Crippen molar-refractivity contribution in [2.24, 2.45) is 0 Å². The maximum Gasteiger partial charge on any atom is 0.195 e. The number of phenols is 1. The van der Waals surface area contributed by atoms with Crippen molar-refractivity contribution in [2.45, 2.75) is 0 Å². The Morgan fingerprint density at radius 3 is 2.89 bits per heavy atom. The van der Waals surface area contributed by atoms with Crippen LogP contribution < -0.4 is 4.74 Å².